The van der Waals surface area contributed by atoms with Gasteiger partial charge in [0.1, 0.15) is 28.7 Å². The molecule has 0 unspecified atom stereocenters. The summed E-state index contributed by atoms with van der Waals surface area (Å²) in [4.78, 5) is 27.8. The van der Waals surface area contributed by atoms with E-state index >= 15 is 0 Å². The van der Waals surface area contributed by atoms with Crippen LogP contribution < -0.4 is 5.43 Å². The molecule has 0 atom stereocenters. The fourth-order valence-electron chi connectivity index (χ4n) is 2.66. The Hall–Kier alpha value is -3.16. The molecule has 5 nitrogen and oxygen atoms in total. The average molecular weight is 362 g/mol. The van der Waals surface area contributed by atoms with Crippen molar-refractivity contribution < 1.29 is 23.1 Å². The second-order valence-electron chi connectivity index (χ2n) is 6.02. The van der Waals surface area contributed by atoms with E-state index in [9.17, 15) is 27.9 Å². The third kappa shape index (κ3) is 2.83. The number of carboxylic acid groups (broad SMARTS) is 1. The predicted octanol–water partition coefficient (Wildman–Crippen LogP) is 3.62. The van der Waals surface area contributed by atoms with Crippen molar-refractivity contribution in [2.24, 2.45) is 0 Å². The van der Waals surface area contributed by atoms with Crippen LogP contribution in [0.5, 0.6) is 0 Å². The summed E-state index contributed by atoms with van der Waals surface area (Å²) in [6, 6.07) is 3.58. The number of benzene rings is 1. The lowest BCUT2D eigenvalue weighted by atomic mass is 10.1. The van der Waals surface area contributed by atoms with Crippen LogP contribution in [0.4, 0.5) is 13.2 Å². The molecule has 3 aromatic rings. The van der Waals surface area contributed by atoms with Gasteiger partial charge in [0.05, 0.1) is 16.8 Å². The van der Waals surface area contributed by atoms with E-state index in [1.54, 1.807) is 13.8 Å². The van der Waals surface area contributed by atoms with Crippen LogP contribution >= 0.6 is 0 Å². The third-order valence-electron chi connectivity index (χ3n) is 3.91. The van der Waals surface area contributed by atoms with Crippen LogP contribution in [0.25, 0.3) is 16.7 Å². The van der Waals surface area contributed by atoms with Crippen molar-refractivity contribution in [2.45, 2.75) is 19.8 Å². The van der Waals surface area contributed by atoms with E-state index in [-0.39, 0.29) is 28.3 Å². The number of pyridine rings is 2. The largest absolute Gasteiger partial charge is 0.477 e. The Kier molecular flexibility index (Phi) is 4.27. The first-order valence-corrected chi connectivity index (χ1v) is 7.65. The Bertz CT molecular complexity index is 1110. The number of carbonyl (C=O) groups is 1. The molecule has 0 aliphatic rings. The van der Waals surface area contributed by atoms with Gasteiger partial charge in [-0.1, -0.05) is 13.8 Å². The number of hydrogen-bond acceptors (Lipinski definition) is 3. The second kappa shape index (κ2) is 6.29. The molecule has 0 fully saturated rings. The van der Waals surface area contributed by atoms with E-state index < -0.39 is 34.4 Å². The number of fused-ring (bicyclic) bond motifs is 1. The lowest BCUT2D eigenvalue weighted by Crippen LogP contribution is -2.20. The predicted molar refractivity (Wildman–Crippen MR) is 88.3 cm³/mol. The molecule has 2 heterocycles. The lowest BCUT2D eigenvalue weighted by Gasteiger charge is -2.15. The van der Waals surface area contributed by atoms with Crippen molar-refractivity contribution in [3.63, 3.8) is 0 Å². The molecule has 26 heavy (non-hydrogen) atoms. The maximum Gasteiger partial charge on any atom is 0.341 e. The third-order valence-corrected chi connectivity index (χ3v) is 3.91. The van der Waals surface area contributed by atoms with Gasteiger partial charge in [-0.05, 0) is 24.1 Å². The normalized spacial score (nSPS) is 11.3. The zero-order valence-corrected chi connectivity index (χ0v) is 13.8. The van der Waals surface area contributed by atoms with Crippen LogP contribution in [-0.4, -0.2) is 20.6 Å². The molecule has 0 saturated heterocycles. The highest BCUT2D eigenvalue weighted by Gasteiger charge is 2.21. The van der Waals surface area contributed by atoms with Gasteiger partial charge in [-0.3, -0.25) is 9.36 Å². The van der Waals surface area contributed by atoms with E-state index in [0.717, 1.165) is 29.0 Å². The Morgan fingerprint density at radius 1 is 1.15 bits per heavy atom. The molecule has 1 N–H and O–H groups in total. The van der Waals surface area contributed by atoms with E-state index in [4.69, 9.17) is 0 Å². The monoisotopic (exact) mass is 362 g/mol. The van der Waals surface area contributed by atoms with Crippen LogP contribution in [0.1, 0.15) is 35.8 Å². The fourth-order valence-corrected chi connectivity index (χ4v) is 2.66. The first-order valence-electron chi connectivity index (χ1n) is 7.65. The molecule has 134 valence electrons. The van der Waals surface area contributed by atoms with Crippen molar-refractivity contribution in [3.05, 3.63) is 69.4 Å². The molecule has 1 aromatic carbocycles. The molecule has 0 spiro atoms. The summed E-state index contributed by atoms with van der Waals surface area (Å²) >= 11 is 0. The highest BCUT2D eigenvalue weighted by Crippen LogP contribution is 2.24. The average Bonchev–Trinajstić information content (AvgIpc) is 2.55. The van der Waals surface area contributed by atoms with Crippen molar-refractivity contribution in [1.29, 1.82) is 0 Å². The lowest BCUT2D eigenvalue weighted by molar-refractivity contribution is 0.0695. The van der Waals surface area contributed by atoms with Crippen LogP contribution in [0.15, 0.2) is 35.3 Å². The number of carboxylic acids is 1. The first kappa shape index (κ1) is 17.7. The minimum atomic E-state index is -1.55. The van der Waals surface area contributed by atoms with Gasteiger partial charge in [-0.25, -0.2) is 22.9 Å². The summed E-state index contributed by atoms with van der Waals surface area (Å²) < 4.78 is 42.7. The molecule has 0 radical (unpaired) electrons. The Labute approximate surface area is 145 Å². The van der Waals surface area contributed by atoms with Crippen molar-refractivity contribution >= 4 is 17.0 Å². The number of nitrogens with zero attached hydrogens (tertiary/aromatic N) is 2. The number of rotatable bonds is 3. The molecule has 0 saturated carbocycles. The summed E-state index contributed by atoms with van der Waals surface area (Å²) in [6.07, 6.45) is 0.901. The molecule has 0 aliphatic carbocycles. The van der Waals surface area contributed by atoms with Gasteiger partial charge in [-0.15, -0.1) is 0 Å². The zero-order chi connectivity index (χ0) is 19.2. The minimum absolute atomic E-state index is 0.0382. The molecular weight excluding hydrogens is 349 g/mol. The number of aromatic nitrogens is 2. The summed E-state index contributed by atoms with van der Waals surface area (Å²) in [5, 5.41) is 8.93. The number of aromatic carboxylic acids is 1. The first-order chi connectivity index (χ1) is 12.2. The standard InChI is InChI=1S/C18H13F3N2O3/c1-8(2)15-13(21)6-10-16(24)11(18(25)26)7-23(17(10)22-15)14-4-3-9(19)5-12(14)20/h3-8H,1-2H3,(H,25,26). The van der Waals surface area contributed by atoms with Crippen LogP contribution in [0, 0.1) is 17.5 Å². The summed E-state index contributed by atoms with van der Waals surface area (Å²) in [5.41, 5.74) is -1.91. The van der Waals surface area contributed by atoms with Crippen LogP contribution in [-0.2, 0) is 0 Å². The van der Waals surface area contributed by atoms with Crippen LogP contribution in [0.3, 0.4) is 0 Å². The van der Waals surface area contributed by atoms with Gasteiger partial charge in [0, 0.05) is 12.3 Å². The van der Waals surface area contributed by atoms with E-state index in [1.807, 2.05) is 0 Å². The topological polar surface area (TPSA) is 72.2 Å². The second-order valence-corrected chi connectivity index (χ2v) is 6.02. The highest BCUT2D eigenvalue weighted by atomic mass is 19.1. The van der Waals surface area contributed by atoms with Gasteiger partial charge in [0.15, 0.2) is 0 Å². The zero-order valence-electron chi connectivity index (χ0n) is 13.8. The van der Waals surface area contributed by atoms with Crippen molar-refractivity contribution in [1.82, 2.24) is 9.55 Å². The summed E-state index contributed by atoms with van der Waals surface area (Å²) in [5.74, 6) is -4.46. The molecule has 0 aliphatic heterocycles. The van der Waals surface area contributed by atoms with Gasteiger partial charge in [0.25, 0.3) is 0 Å². The SMILES string of the molecule is CC(C)c1nc2c(cc1F)c(=O)c(C(=O)O)cn2-c1ccc(F)cc1F. The molecule has 0 amide bonds. The Morgan fingerprint density at radius 2 is 1.85 bits per heavy atom. The molecule has 3 rings (SSSR count). The Balaban J connectivity index is 2.50. The maximum atomic E-state index is 14.3. The quantitative estimate of drug-likeness (QED) is 0.772. The van der Waals surface area contributed by atoms with Crippen molar-refractivity contribution in [3.8, 4) is 5.69 Å². The minimum Gasteiger partial charge on any atom is -0.477 e. The summed E-state index contributed by atoms with van der Waals surface area (Å²) in [6.45, 7) is 3.37. The maximum absolute atomic E-state index is 14.3. The smallest absolute Gasteiger partial charge is 0.341 e. The molecule has 2 aromatic heterocycles. The fraction of sp³-hybridized carbons (Fsp3) is 0.167. The molecule has 0 bridgehead atoms. The molecule has 8 heteroatoms. The number of hydrogen-bond donors (Lipinski definition) is 1. The van der Waals surface area contributed by atoms with E-state index in [0.29, 0.717) is 6.07 Å². The Morgan fingerprint density at radius 3 is 2.42 bits per heavy atom. The van der Waals surface area contributed by atoms with Crippen molar-refractivity contribution in [2.75, 3.05) is 0 Å². The summed E-state index contributed by atoms with van der Waals surface area (Å²) in [7, 11) is 0. The molecular formula is C18H13F3N2O3. The van der Waals surface area contributed by atoms with Gasteiger partial charge in [0.2, 0.25) is 5.43 Å². The van der Waals surface area contributed by atoms with Gasteiger partial charge >= 0.3 is 5.97 Å². The van der Waals surface area contributed by atoms with Gasteiger partial charge in [-0.2, -0.15) is 0 Å². The number of halogens is 3. The highest BCUT2D eigenvalue weighted by molar-refractivity contribution is 5.92. The van der Waals surface area contributed by atoms with E-state index in [2.05, 4.69) is 4.98 Å². The van der Waals surface area contributed by atoms with Crippen LogP contribution in [0.2, 0.25) is 0 Å². The van der Waals surface area contributed by atoms with E-state index in [1.165, 1.54) is 0 Å². The van der Waals surface area contributed by atoms with Gasteiger partial charge < -0.3 is 5.11 Å².